The van der Waals surface area contributed by atoms with Crippen LogP contribution in [0.1, 0.15) is 6.42 Å². The van der Waals surface area contributed by atoms with Gasteiger partial charge in [0.1, 0.15) is 0 Å². The van der Waals surface area contributed by atoms with E-state index in [1.807, 2.05) is 36.4 Å². The van der Waals surface area contributed by atoms with Crippen LogP contribution in [0.15, 0.2) is 53.7 Å². The minimum Gasteiger partial charge on any atom is -0.490 e. The number of benzene rings is 2. The lowest BCUT2D eigenvalue weighted by molar-refractivity contribution is -0.113. The molecule has 1 aromatic heterocycles. The van der Waals surface area contributed by atoms with E-state index in [9.17, 15) is 4.79 Å². The standard InChI is InChI=1S/C19H18N4O3S/c24-17(20-14-7-8-15-16(11-14)26-10-4-9-25-15)12-27-19-21-18(22-23-19)13-5-2-1-3-6-13/h1-3,5-8,11H,4,9-10,12H2,(H,20,24)(H,21,22,23). The fourth-order valence-corrected chi connectivity index (χ4v) is 3.20. The van der Waals surface area contributed by atoms with E-state index in [0.717, 1.165) is 12.0 Å². The van der Waals surface area contributed by atoms with E-state index in [2.05, 4.69) is 20.5 Å². The van der Waals surface area contributed by atoms with Gasteiger partial charge in [0, 0.05) is 23.7 Å². The molecule has 0 spiro atoms. The van der Waals surface area contributed by atoms with Gasteiger partial charge in [-0.3, -0.25) is 9.89 Å². The van der Waals surface area contributed by atoms with Crippen molar-refractivity contribution < 1.29 is 14.3 Å². The Morgan fingerprint density at radius 2 is 1.93 bits per heavy atom. The summed E-state index contributed by atoms with van der Waals surface area (Å²) in [5.41, 5.74) is 1.62. The first kappa shape index (κ1) is 17.4. The molecule has 0 radical (unpaired) electrons. The maximum atomic E-state index is 12.2. The number of ether oxygens (including phenoxy) is 2. The molecule has 0 saturated heterocycles. The Hall–Kier alpha value is -3.00. The van der Waals surface area contributed by atoms with Gasteiger partial charge in [0.2, 0.25) is 11.1 Å². The molecule has 1 aliphatic heterocycles. The van der Waals surface area contributed by atoms with Crippen LogP contribution in [0.25, 0.3) is 11.4 Å². The first-order valence-corrected chi connectivity index (χ1v) is 9.56. The number of aromatic nitrogens is 3. The monoisotopic (exact) mass is 382 g/mol. The molecule has 7 nitrogen and oxygen atoms in total. The molecule has 4 rings (SSSR count). The van der Waals surface area contributed by atoms with Crippen molar-refractivity contribution in [3.63, 3.8) is 0 Å². The second kappa shape index (κ2) is 8.13. The minimum atomic E-state index is -0.138. The van der Waals surface area contributed by atoms with Crippen LogP contribution in [0.2, 0.25) is 0 Å². The number of nitrogens with zero attached hydrogens (tertiary/aromatic N) is 2. The van der Waals surface area contributed by atoms with Crippen molar-refractivity contribution >= 4 is 23.4 Å². The van der Waals surface area contributed by atoms with E-state index in [0.29, 0.717) is 41.4 Å². The van der Waals surface area contributed by atoms with Gasteiger partial charge in [0.05, 0.1) is 19.0 Å². The van der Waals surface area contributed by atoms with Gasteiger partial charge in [0.15, 0.2) is 17.3 Å². The Kier molecular flexibility index (Phi) is 5.24. The van der Waals surface area contributed by atoms with Crippen LogP contribution < -0.4 is 14.8 Å². The molecule has 0 aliphatic carbocycles. The van der Waals surface area contributed by atoms with Crippen LogP contribution in [0.5, 0.6) is 11.5 Å². The summed E-state index contributed by atoms with van der Waals surface area (Å²) in [6.07, 6.45) is 0.842. The SMILES string of the molecule is O=C(CSc1n[nH]c(-c2ccccc2)n1)Nc1ccc2c(c1)OCCCO2. The molecular formula is C19H18N4O3S. The molecule has 8 heteroatoms. The third-order valence-electron chi connectivity index (χ3n) is 3.88. The predicted octanol–water partition coefficient (Wildman–Crippen LogP) is 3.36. The van der Waals surface area contributed by atoms with Gasteiger partial charge in [-0.1, -0.05) is 42.1 Å². The van der Waals surface area contributed by atoms with Crippen molar-refractivity contribution in [2.75, 3.05) is 24.3 Å². The first-order chi connectivity index (χ1) is 13.3. The summed E-state index contributed by atoms with van der Waals surface area (Å²) in [4.78, 5) is 16.6. The van der Waals surface area contributed by atoms with E-state index in [4.69, 9.17) is 9.47 Å². The highest BCUT2D eigenvalue weighted by Gasteiger charge is 2.13. The molecule has 138 valence electrons. The summed E-state index contributed by atoms with van der Waals surface area (Å²) in [6, 6.07) is 15.1. The molecule has 2 N–H and O–H groups in total. The fraction of sp³-hybridized carbons (Fsp3) is 0.211. The van der Waals surface area contributed by atoms with Crippen LogP contribution in [0.3, 0.4) is 0 Å². The zero-order valence-electron chi connectivity index (χ0n) is 14.5. The van der Waals surface area contributed by atoms with E-state index in [1.165, 1.54) is 11.8 Å². The number of fused-ring (bicyclic) bond motifs is 1. The summed E-state index contributed by atoms with van der Waals surface area (Å²) >= 11 is 1.27. The number of aromatic amines is 1. The number of H-pyrrole nitrogens is 1. The van der Waals surface area contributed by atoms with Gasteiger partial charge in [-0.05, 0) is 12.1 Å². The number of rotatable bonds is 5. The largest absolute Gasteiger partial charge is 0.490 e. The van der Waals surface area contributed by atoms with Crippen molar-refractivity contribution in [2.45, 2.75) is 11.6 Å². The van der Waals surface area contributed by atoms with Crippen LogP contribution in [-0.4, -0.2) is 40.1 Å². The number of anilines is 1. The Bertz CT molecular complexity index is 930. The lowest BCUT2D eigenvalue weighted by atomic mass is 10.2. The number of nitrogens with one attached hydrogen (secondary N) is 2. The molecule has 0 atom stereocenters. The van der Waals surface area contributed by atoms with Gasteiger partial charge >= 0.3 is 0 Å². The lowest BCUT2D eigenvalue weighted by Crippen LogP contribution is -2.14. The van der Waals surface area contributed by atoms with Gasteiger partial charge in [-0.15, -0.1) is 5.10 Å². The molecule has 2 aromatic carbocycles. The Morgan fingerprint density at radius 1 is 1.11 bits per heavy atom. The van der Waals surface area contributed by atoms with Crippen LogP contribution in [0.4, 0.5) is 5.69 Å². The molecule has 2 heterocycles. The molecule has 0 fully saturated rings. The summed E-state index contributed by atoms with van der Waals surface area (Å²) in [6.45, 7) is 1.24. The van der Waals surface area contributed by atoms with Crippen LogP contribution in [-0.2, 0) is 4.79 Å². The molecule has 1 amide bonds. The molecule has 0 bridgehead atoms. The molecule has 3 aromatic rings. The maximum absolute atomic E-state index is 12.2. The fourth-order valence-electron chi connectivity index (χ4n) is 2.60. The minimum absolute atomic E-state index is 0.138. The van der Waals surface area contributed by atoms with E-state index in [1.54, 1.807) is 12.1 Å². The average Bonchev–Trinajstić information content (AvgIpc) is 3.05. The van der Waals surface area contributed by atoms with Gasteiger partial charge in [0.25, 0.3) is 0 Å². The number of carbonyl (C=O) groups excluding carboxylic acids is 1. The van der Waals surface area contributed by atoms with Crippen molar-refractivity contribution in [1.29, 1.82) is 0 Å². The third-order valence-corrected chi connectivity index (χ3v) is 4.72. The van der Waals surface area contributed by atoms with Gasteiger partial charge in [-0.25, -0.2) is 4.98 Å². The number of carbonyl (C=O) groups is 1. The number of hydrogen-bond donors (Lipinski definition) is 2. The Morgan fingerprint density at radius 3 is 2.78 bits per heavy atom. The molecule has 0 saturated carbocycles. The van der Waals surface area contributed by atoms with Gasteiger partial charge < -0.3 is 14.8 Å². The van der Waals surface area contributed by atoms with Crippen LogP contribution in [0, 0.1) is 0 Å². The number of amides is 1. The summed E-state index contributed by atoms with van der Waals surface area (Å²) in [7, 11) is 0. The van der Waals surface area contributed by atoms with E-state index < -0.39 is 0 Å². The molecule has 27 heavy (non-hydrogen) atoms. The van der Waals surface area contributed by atoms with Crippen LogP contribution >= 0.6 is 11.8 Å². The van der Waals surface area contributed by atoms with Gasteiger partial charge in [-0.2, -0.15) is 0 Å². The lowest BCUT2D eigenvalue weighted by Gasteiger charge is -2.10. The van der Waals surface area contributed by atoms with Crippen molar-refractivity contribution in [2.24, 2.45) is 0 Å². The number of hydrogen-bond acceptors (Lipinski definition) is 6. The van der Waals surface area contributed by atoms with Crippen molar-refractivity contribution in [3.05, 3.63) is 48.5 Å². The summed E-state index contributed by atoms with van der Waals surface area (Å²) < 4.78 is 11.2. The molecule has 1 aliphatic rings. The van der Waals surface area contributed by atoms with Crippen molar-refractivity contribution in [1.82, 2.24) is 15.2 Å². The Labute approximate surface area is 160 Å². The Balaban J connectivity index is 1.34. The van der Waals surface area contributed by atoms with Crippen molar-refractivity contribution in [3.8, 4) is 22.9 Å². The normalized spacial score (nSPS) is 13.0. The topological polar surface area (TPSA) is 89.1 Å². The first-order valence-electron chi connectivity index (χ1n) is 8.58. The third kappa shape index (κ3) is 4.40. The highest BCUT2D eigenvalue weighted by atomic mass is 32.2. The second-order valence-electron chi connectivity index (χ2n) is 5.88. The summed E-state index contributed by atoms with van der Waals surface area (Å²) in [5.74, 6) is 2.11. The predicted molar refractivity (Wildman–Crippen MR) is 103 cm³/mol. The zero-order valence-corrected chi connectivity index (χ0v) is 15.3. The second-order valence-corrected chi connectivity index (χ2v) is 6.82. The molecular weight excluding hydrogens is 364 g/mol. The average molecular weight is 382 g/mol. The highest BCUT2D eigenvalue weighted by molar-refractivity contribution is 7.99. The zero-order chi connectivity index (χ0) is 18.5. The number of thioether (sulfide) groups is 1. The smallest absolute Gasteiger partial charge is 0.234 e. The van der Waals surface area contributed by atoms with E-state index in [-0.39, 0.29) is 11.7 Å². The quantitative estimate of drug-likeness (QED) is 0.658. The molecule has 0 unspecified atom stereocenters. The summed E-state index contributed by atoms with van der Waals surface area (Å²) in [5, 5.41) is 10.4. The van der Waals surface area contributed by atoms with E-state index >= 15 is 0 Å². The highest BCUT2D eigenvalue weighted by Crippen LogP contribution is 2.32. The maximum Gasteiger partial charge on any atom is 0.234 e.